The lowest BCUT2D eigenvalue weighted by molar-refractivity contribution is -0.138. The number of aliphatic carboxylic acids is 1. The number of nitrogens with one attached hydrogen (secondary N) is 1. The molecule has 0 aliphatic heterocycles. The van der Waals surface area contributed by atoms with Crippen LogP contribution < -0.4 is 4.72 Å². The minimum atomic E-state index is -3.80. The second-order valence-corrected chi connectivity index (χ2v) is 7.16. The molecular formula is C14H21NO4S. The molecule has 1 rings (SSSR count). The van der Waals surface area contributed by atoms with Crippen molar-refractivity contribution >= 4 is 16.0 Å². The van der Waals surface area contributed by atoms with E-state index in [9.17, 15) is 13.2 Å². The fraction of sp³-hybridized carbons (Fsp3) is 0.500. The normalized spacial score (nSPS) is 14.0. The van der Waals surface area contributed by atoms with Crippen molar-refractivity contribution in [3.8, 4) is 0 Å². The van der Waals surface area contributed by atoms with Crippen molar-refractivity contribution in [3.05, 3.63) is 29.8 Å². The summed E-state index contributed by atoms with van der Waals surface area (Å²) in [5, 5.41) is 8.75. The van der Waals surface area contributed by atoms with E-state index in [0.29, 0.717) is 0 Å². The summed E-state index contributed by atoms with van der Waals surface area (Å²) >= 11 is 0. The lowest BCUT2D eigenvalue weighted by Gasteiger charge is -2.23. The Labute approximate surface area is 120 Å². The Bertz CT molecular complexity index is 576. The van der Waals surface area contributed by atoms with E-state index < -0.39 is 22.0 Å². The lowest BCUT2D eigenvalue weighted by Crippen LogP contribution is -2.38. The molecule has 0 heterocycles. The largest absolute Gasteiger partial charge is 0.480 e. The molecule has 0 aromatic heterocycles. The van der Waals surface area contributed by atoms with Gasteiger partial charge in [0, 0.05) is 0 Å². The van der Waals surface area contributed by atoms with Crippen molar-refractivity contribution in [2.45, 2.75) is 50.5 Å². The first-order valence-corrected chi connectivity index (χ1v) is 7.94. The van der Waals surface area contributed by atoms with Crippen molar-refractivity contribution in [3.63, 3.8) is 0 Å². The fourth-order valence-corrected chi connectivity index (χ4v) is 2.84. The van der Waals surface area contributed by atoms with Crippen LogP contribution >= 0.6 is 0 Å². The van der Waals surface area contributed by atoms with Crippen LogP contribution in [-0.4, -0.2) is 25.5 Å². The lowest BCUT2D eigenvalue weighted by atomic mass is 9.82. The third-order valence-corrected chi connectivity index (χ3v) is 5.09. The quantitative estimate of drug-likeness (QED) is 0.843. The molecule has 2 N–H and O–H groups in total. The zero-order chi connectivity index (χ0) is 15.6. The second-order valence-electron chi connectivity index (χ2n) is 5.44. The van der Waals surface area contributed by atoms with E-state index in [1.165, 1.54) is 19.1 Å². The Morgan fingerprint density at radius 3 is 2.20 bits per heavy atom. The van der Waals surface area contributed by atoms with Gasteiger partial charge in [0.15, 0.2) is 0 Å². The Morgan fingerprint density at radius 1 is 1.30 bits per heavy atom. The summed E-state index contributed by atoms with van der Waals surface area (Å²) in [7, 11) is -3.80. The summed E-state index contributed by atoms with van der Waals surface area (Å²) in [4.78, 5) is 10.8. The molecule has 0 fully saturated rings. The van der Waals surface area contributed by atoms with Gasteiger partial charge in [-0.1, -0.05) is 32.9 Å². The van der Waals surface area contributed by atoms with Gasteiger partial charge in [-0.2, -0.15) is 4.72 Å². The van der Waals surface area contributed by atoms with E-state index in [2.05, 4.69) is 25.5 Å². The van der Waals surface area contributed by atoms with Gasteiger partial charge in [-0.3, -0.25) is 4.79 Å². The summed E-state index contributed by atoms with van der Waals surface area (Å²) in [5.74, 6) is -1.21. The van der Waals surface area contributed by atoms with Crippen molar-refractivity contribution in [2.75, 3.05) is 0 Å². The van der Waals surface area contributed by atoms with E-state index >= 15 is 0 Å². The van der Waals surface area contributed by atoms with Gasteiger partial charge in [0.1, 0.15) is 6.04 Å². The van der Waals surface area contributed by atoms with E-state index in [-0.39, 0.29) is 10.3 Å². The first-order valence-electron chi connectivity index (χ1n) is 6.46. The average molecular weight is 299 g/mol. The van der Waals surface area contributed by atoms with Crippen molar-refractivity contribution in [2.24, 2.45) is 0 Å². The molecule has 1 aromatic carbocycles. The number of carboxylic acid groups (broad SMARTS) is 1. The summed E-state index contributed by atoms with van der Waals surface area (Å²) in [6, 6.07) is 5.38. The summed E-state index contributed by atoms with van der Waals surface area (Å²) in [6.07, 6.45) is 0.938. The van der Waals surface area contributed by atoms with E-state index in [0.717, 1.165) is 12.0 Å². The standard InChI is InChI=1S/C14H21NO4S/c1-5-14(3,4)11-6-8-12(9-7-11)20(18,19)15-10(2)13(16)17/h6-10,15H,5H2,1-4H3,(H,16,17)/t10-/m0/s1. The number of sulfonamides is 1. The predicted molar refractivity (Wildman–Crippen MR) is 77.2 cm³/mol. The first kappa shape index (κ1) is 16.7. The molecule has 0 radical (unpaired) electrons. The van der Waals surface area contributed by atoms with Gasteiger partial charge in [-0.25, -0.2) is 8.42 Å². The fourth-order valence-electron chi connectivity index (χ4n) is 1.64. The van der Waals surface area contributed by atoms with Crippen LogP contribution in [0, 0.1) is 0 Å². The van der Waals surface area contributed by atoms with E-state index in [4.69, 9.17) is 5.11 Å². The second kappa shape index (κ2) is 5.93. The smallest absolute Gasteiger partial charge is 0.321 e. The van der Waals surface area contributed by atoms with Crippen LogP contribution in [0.15, 0.2) is 29.2 Å². The van der Waals surface area contributed by atoms with Crippen LogP contribution in [0.2, 0.25) is 0 Å². The molecule has 0 aliphatic rings. The molecule has 0 bridgehead atoms. The van der Waals surface area contributed by atoms with Gasteiger partial charge in [0.05, 0.1) is 4.90 Å². The predicted octanol–water partition coefficient (Wildman–Crippen LogP) is 2.13. The minimum absolute atomic E-state index is 0.0237. The van der Waals surface area contributed by atoms with Gasteiger partial charge >= 0.3 is 5.97 Å². The van der Waals surface area contributed by atoms with Crippen LogP contribution in [0.25, 0.3) is 0 Å². The minimum Gasteiger partial charge on any atom is -0.480 e. The van der Waals surface area contributed by atoms with Gasteiger partial charge in [0.2, 0.25) is 10.0 Å². The van der Waals surface area contributed by atoms with Gasteiger partial charge in [0.25, 0.3) is 0 Å². The van der Waals surface area contributed by atoms with Gasteiger partial charge < -0.3 is 5.11 Å². The van der Waals surface area contributed by atoms with Gasteiger partial charge in [-0.05, 0) is 36.5 Å². The molecule has 0 amide bonds. The highest BCUT2D eigenvalue weighted by Gasteiger charge is 2.23. The summed E-state index contributed by atoms with van der Waals surface area (Å²) in [5.41, 5.74) is 1.02. The van der Waals surface area contributed by atoms with Crippen molar-refractivity contribution in [1.29, 1.82) is 0 Å². The number of rotatable bonds is 6. The molecule has 0 saturated carbocycles. The van der Waals surface area contributed by atoms with Crippen LogP contribution in [0.3, 0.4) is 0 Å². The molecule has 6 heteroatoms. The number of carbonyl (C=O) groups is 1. The highest BCUT2D eigenvalue weighted by atomic mass is 32.2. The highest BCUT2D eigenvalue weighted by molar-refractivity contribution is 7.89. The molecule has 0 saturated heterocycles. The average Bonchev–Trinajstić information content (AvgIpc) is 2.38. The van der Waals surface area contributed by atoms with Crippen molar-refractivity contribution in [1.82, 2.24) is 4.72 Å². The molecule has 112 valence electrons. The number of carboxylic acids is 1. The highest BCUT2D eigenvalue weighted by Crippen LogP contribution is 2.27. The van der Waals surface area contributed by atoms with Crippen LogP contribution in [0.4, 0.5) is 0 Å². The maximum Gasteiger partial charge on any atom is 0.321 e. The Morgan fingerprint density at radius 2 is 1.80 bits per heavy atom. The molecule has 1 aromatic rings. The first-order chi connectivity index (χ1) is 9.10. The van der Waals surface area contributed by atoms with Crippen molar-refractivity contribution < 1.29 is 18.3 Å². The zero-order valence-electron chi connectivity index (χ0n) is 12.2. The van der Waals surface area contributed by atoms with E-state index in [1.807, 2.05) is 0 Å². The Balaban J connectivity index is 3.02. The number of hydrogen-bond donors (Lipinski definition) is 2. The summed E-state index contributed by atoms with van der Waals surface area (Å²) in [6.45, 7) is 7.53. The van der Waals surface area contributed by atoms with Crippen LogP contribution in [-0.2, 0) is 20.2 Å². The molecule has 0 aliphatic carbocycles. The molecular weight excluding hydrogens is 278 g/mol. The molecule has 5 nitrogen and oxygen atoms in total. The Hall–Kier alpha value is -1.40. The molecule has 0 unspecified atom stereocenters. The third-order valence-electron chi connectivity index (χ3n) is 3.53. The maximum atomic E-state index is 12.0. The zero-order valence-corrected chi connectivity index (χ0v) is 13.0. The van der Waals surface area contributed by atoms with Gasteiger partial charge in [-0.15, -0.1) is 0 Å². The van der Waals surface area contributed by atoms with Crippen LogP contribution in [0.5, 0.6) is 0 Å². The molecule has 20 heavy (non-hydrogen) atoms. The summed E-state index contributed by atoms with van der Waals surface area (Å²) < 4.78 is 26.1. The Kier molecular flexibility index (Phi) is 4.94. The molecule has 0 spiro atoms. The van der Waals surface area contributed by atoms with E-state index in [1.54, 1.807) is 12.1 Å². The van der Waals surface area contributed by atoms with Crippen LogP contribution in [0.1, 0.15) is 39.7 Å². The monoisotopic (exact) mass is 299 g/mol. The topological polar surface area (TPSA) is 83.5 Å². The number of benzene rings is 1. The number of hydrogen-bond acceptors (Lipinski definition) is 3. The molecule has 1 atom stereocenters. The third kappa shape index (κ3) is 3.80. The maximum absolute atomic E-state index is 12.0. The SMILES string of the molecule is CCC(C)(C)c1ccc(S(=O)(=O)N[C@@H](C)C(=O)O)cc1.